The van der Waals surface area contributed by atoms with E-state index in [-0.39, 0.29) is 36.5 Å². The van der Waals surface area contributed by atoms with E-state index in [4.69, 9.17) is 4.74 Å². The Labute approximate surface area is 176 Å². The van der Waals surface area contributed by atoms with Gasteiger partial charge in [0.25, 0.3) is 11.8 Å². The first kappa shape index (κ1) is 21.7. The number of carbonyl (C=O) groups excluding carboxylic acids is 2. The van der Waals surface area contributed by atoms with E-state index in [2.05, 4.69) is 15.6 Å². The highest BCUT2D eigenvalue weighted by molar-refractivity contribution is 6.05. The summed E-state index contributed by atoms with van der Waals surface area (Å²) in [5, 5.41) is 15.6. The number of amides is 2. The highest BCUT2D eigenvalue weighted by Gasteiger charge is 2.32. The second-order valence-electron chi connectivity index (χ2n) is 7.58. The van der Waals surface area contributed by atoms with Gasteiger partial charge in [-0.15, -0.1) is 0 Å². The SMILES string of the molecule is CNC[C@@H]1Oc2ccc(NC(=O)c3ccncc3)cc2C(=O)N([C@H](C)CO)C[C@@H]1C. The molecule has 1 aliphatic rings. The molecule has 2 aromatic rings. The lowest BCUT2D eigenvalue weighted by Gasteiger charge is -2.37. The molecule has 1 aliphatic heterocycles. The van der Waals surface area contributed by atoms with Crippen molar-refractivity contribution in [1.82, 2.24) is 15.2 Å². The van der Waals surface area contributed by atoms with Gasteiger partial charge in [-0.05, 0) is 44.3 Å². The van der Waals surface area contributed by atoms with Crippen molar-refractivity contribution >= 4 is 17.5 Å². The number of ether oxygens (including phenoxy) is 1. The molecule has 2 amide bonds. The van der Waals surface area contributed by atoms with Crippen molar-refractivity contribution in [3.8, 4) is 5.75 Å². The van der Waals surface area contributed by atoms with Gasteiger partial charge in [-0.1, -0.05) is 6.92 Å². The van der Waals surface area contributed by atoms with Crippen LogP contribution in [0.15, 0.2) is 42.7 Å². The summed E-state index contributed by atoms with van der Waals surface area (Å²) in [6, 6.07) is 7.94. The molecule has 30 heavy (non-hydrogen) atoms. The molecular weight excluding hydrogens is 384 g/mol. The minimum Gasteiger partial charge on any atom is -0.488 e. The van der Waals surface area contributed by atoms with E-state index in [1.165, 1.54) is 0 Å². The number of hydrogen-bond acceptors (Lipinski definition) is 6. The highest BCUT2D eigenvalue weighted by atomic mass is 16.5. The molecule has 0 saturated carbocycles. The molecule has 3 N–H and O–H groups in total. The fraction of sp³-hybridized carbons (Fsp3) is 0.409. The summed E-state index contributed by atoms with van der Waals surface area (Å²) in [5.41, 5.74) is 1.32. The van der Waals surface area contributed by atoms with Gasteiger partial charge in [-0.2, -0.15) is 0 Å². The molecule has 0 spiro atoms. The van der Waals surface area contributed by atoms with Gasteiger partial charge >= 0.3 is 0 Å². The first-order valence-corrected chi connectivity index (χ1v) is 10.0. The number of aliphatic hydroxyl groups excluding tert-OH is 1. The number of fused-ring (bicyclic) bond motifs is 1. The average Bonchev–Trinajstić information content (AvgIpc) is 2.76. The molecule has 2 heterocycles. The van der Waals surface area contributed by atoms with E-state index in [1.54, 1.807) is 47.6 Å². The van der Waals surface area contributed by atoms with Gasteiger partial charge in [0.2, 0.25) is 0 Å². The number of carbonyl (C=O) groups is 2. The molecule has 0 unspecified atom stereocenters. The third kappa shape index (κ3) is 4.77. The zero-order chi connectivity index (χ0) is 21.7. The summed E-state index contributed by atoms with van der Waals surface area (Å²) >= 11 is 0. The van der Waals surface area contributed by atoms with Crippen LogP contribution in [0.3, 0.4) is 0 Å². The summed E-state index contributed by atoms with van der Waals surface area (Å²) in [6.45, 7) is 4.79. The first-order valence-electron chi connectivity index (χ1n) is 10.0. The lowest BCUT2D eigenvalue weighted by Crippen LogP contribution is -2.49. The number of likely N-dealkylation sites (N-methyl/N-ethyl adjacent to an activating group) is 1. The second kappa shape index (κ2) is 9.69. The fourth-order valence-electron chi connectivity index (χ4n) is 3.45. The van der Waals surface area contributed by atoms with Crippen molar-refractivity contribution in [3.05, 3.63) is 53.9 Å². The van der Waals surface area contributed by atoms with Crippen LogP contribution in [0, 0.1) is 5.92 Å². The smallest absolute Gasteiger partial charge is 0.258 e. The summed E-state index contributed by atoms with van der Waals surface area (Å²) in [6.07, 6.45) is 2.95. The van der Waals surface area contributed by atoms with E-state index in [9.17, 15) is 14.7 Å². The van der Waals surface area contributed by atoms with Crippen LogP contribution >= 0.6 is 0 Å². The van der Waals surface area contributed by atoms with Crippen LogP contribution in [0.1, 0.15) is 34.6 Å². The lowest BCUT2D eigenvalue weighted by molar-refractivity contribution is 0.0415. The monoisotopic (exact) mass is 412 g/mol. The molecule has 160 valence electrons. The maximum absolute atomic E-state index is 13.3. The van der Waals surface area contributed by atoms with Gasteiger partial charge in [0, 0.05) is 42.7 Å². The first-order chi connectivity index (χ1) is 14.4. The molecule has 1 aromatic heterocycles. The van der Waals surface area contributed by atoms with Crippen LogP contribution < -0.4 is 15.4 Å². The Hall–Kier alpha value is -2.97. The Kier molecular flexibility index (Phi) is 7.02. The maximum Gasteiger partial charge on any atom is 0.258 e. The number of nitrogens with zero attached hydrogens (tertiary/aromatic N) is 2. The molecule has 0 saturated heterocycles. The minimum absolute atomic E-state index is 0.0645. The Morgan fingerprint density at radius 1 is 1.33 bits per heavy atom. The van der Waals surface area contributed by atoms with Crippen molar-refractivity contribution in [2.45, 2.75) is 26.0 Å². The summed E-state index contributed by atoms with van der Waals surface area (Å²) < 4.78 is 6.17. The van der Waals surface area contributed by atoms with E-state index in [0.717, 1.165) is 0 Å². The van der Waals surface area contributed by atoms with E-state index < -0.39 is 0 Å². The molecule has 1 aromatic carbocycles. The standard InChI is InChI=1S/C22H28N4O4/c1-14-12-26(15(2)13-27)22(29)18-10-17(4-5-19(18)30-20(14)11-23-3)25-21(28)16-6-8-24-9-7-16/h4-10,14-15,20,23,27H,11-13H2,1-3H3,(H,25,28)/t14-,15+,20-/m0/s1. The van der Waals surface area contributed by atoms with Crippen molar-refractivity contribution in [2.24, 2.45) is 5.92 Å². The van der Waals surface area contributed by atoms with Gasteiger partial charge in [-0.3, -0.25) is 14.6 Å². The number of anilines is 1. The quantitative estimate of drug-likeness (QED) is 0.668. The van der Waals surface area contributed by atoms with Crippen LogP contribution in [0.2, 0.25) is 0 Å². The molecule has 0 fully saturated rings. The molecule has 3 atom stereocenters. The summed E-state index contributed by atoms with van der Waals surface area (Å²) in [4.78, 5) is 31.4. The Morgan fingerprint density at radius 3 is 2.73 bits per heavy atom. The van der Waals surface area contributed by atoms with Crippen molar-refractivity contribution < 1.29 is 19.4 Å². The van der Waals surface area contributed by atoms with E-state index in [1.807, 2.05) is 20.9 Å². The molecule has 0 aliphatic carbocycles. The Bertz CT molecular complexity index is 890. The van der Waals surface area contributed by atoms with Crippen molar-refractivity contribution in [1.29, 1.82) is 0 Å². The van der Waals surface area contributed by atoms with E-state index >= 15 is 0 Å². The van der Waals surface area contributed by atoms with Crippen LogP contribution in [-0.4, -0.2) is 65.7 Å². The maximum atomic E-state index is 13.3. The van der Waals surface area contributed by atoms with Gasteiger partial charge in [0.05, 0.1) is 18.2 Å². The number of nitrogens with one attached hydrogen (secondary N) is 2. The fourth-order valence-corrected chi connectivity index (χ4v) is 3.45. The summed E-state index contributed by atoms with van der Waals surface area (Å²) in [7, 11) is 1.85. The van der Waals surface area contributed by atoms with Gasteiger partial charge in [0.15, 0.2) is 0 Å². The molecular formula is C22H28N4O4. The minimum atomic E-state index is -0.337. The van der Waals surface area contributed by atoms with Crippen LogP contribution in [0.25, 0.3) is 0 Å². The van der Waals surface area contributed by atoms with Crippen molar-refractivity contribution in [2.75, 3.05) is 32.1 Å². The number of aliphatic hydroxyl groups is 1. The zero-order valence-electron chi connectivity index (χ0n) is 17.5. The van der Waals surface area contributed by atoms with Crippen molar-refractivity contribution in [3.63, 3.8) is 0 Å². The number of aromatic nitrogens is 1. The molecule has 0 radical (unpaired) electrons. The Morgan fingerprint density at radius 2 is 2.07 bits per heavy atom. The molecule has 8 nitrogen and oxygen atoms in total. The highest BCUT2D eigenvalue weighted by Crippen LogP contribution is 2.30. The number of pyridine rings is 1. The third-order valence-electron chi connectivity index (χ3n) is 5.27. The second-order valence-corrected chi connectivity index (χ2v) is 7.58. The summed E-state index contributed by atoms with van der Waals surface area (Å²) in [5.74, 6) is -0.00128. The van der Waals surface area contributed by atoms with Gasteiger partial charge in [-0.25, -0.2) is 0 Å². The predicted molar refractivity (Wildman–Crippen MR) is 114 cm³/mol. The third-order valence-corrected chi connectivity index (χ3v) is 5.27. The number of hydrogen-bond donors (Lipinski definition) is 3. The topological polar surface area (TPSA) is 104 Å². The zero-order valence-corrected chi connectivity index (χ0v) is 17.5. The largest absolute Gasteiger partial charge is 0.488 e. The number of benzene rings is 1. The molecule has 0 bridgehead atoms. The van der Waals surface area contributed by atoms with Crippen LogP contribution in [-0.2, 0) is 0 Å². The van der Waals surface area contributed by atoms with Gasteiger partial charge in [0.1, 0.15) is 11.9 Å². The number of rotatable bonds is 6. The molecule has 8 heteroatoms. The van der Waals surface area contributed by atoms with Gasteiger partial charge < -0.3 is 25.4 Å². The normalized spacial score (nSPS) is 19.9. The van der Waals surface area contributed by atoms with E-state index in [0.29, 0.717) is 35.7 Å². The lowest BCUT2D eigenvalue weighted by atomic mass is 9.99. The Balaban J connectivity index is 1.95. The van der Waals surface area contributed by atoms with Crippen LogP contribution in [0.4, 0.5) is 5.69 Å². The molecule has 3 rings (SSSR count). The van der Waals surface area contributed by atoms with Crippen LogP contribution in [0.5, 0.6) is 5.75 Å². The average molecular weight is 412 g/mol. The predicted octanol–water partition coefficient (Wildman–Crippen LogP) is 1.77.